The predicted octanol–water partition coefficient (Wildman–Crippen LogP) is -1.61. The summed E-state index contributed by atoms with van der Waals surface area (Å²) in [6.07, 6.45) is 0. The van der Waals surface area contributed by atoms with Gasteiger partial charge in [0.1, 0.15) is 6.04 Å². The molecule has 0 aliphatic carbocycles. The summed E-state index contributed by atoms with van der Waals surface area (Å²) in [6, 6.07) is -0.231. The molecule has 2 N–H and O–H groups in total. The zero-order valence-corrected chi connectivity index (χ0v) is 3.14. The number of nitrogens with one attached hydrogen (secondary N) is 1. The molecule has 0 unspecified atom stereocenters. The summed E-state index contributed by atoms with van der Waals surface area (Å²) in [5.41, 5.74) is 0. The molecule has 4 heteroatoms. The van der Waals surface area contributed by atoms with Gasteiger partial charge in [0, 0.05) is 6.54 Å². The van der Waals surface area contributed by atoms with Crippen molar-refractivity contribution in [2.45, 2.75) is 6.04 Å². The third-order valence-electron chi connectivity index (χ3n) is 0.706. The van der Waals surface area contributed by atoms with E-state index in [4.69, 9.17) is 5.11 Å². The molecule has 0 radical (unpaired) electrons. The third-order valence-corrected chi connectivity index (χ3v) is 0.706. The van der Waals surface area contributed by atoms with Crippen molar-refractivity contribution in [3.05, 3.63) is 0 Å². The number of hydrogen-bond donors (Lipinski definition) is 2. The molecular formula is C3H6LiNO2. The van der Waals surface area contributed by atoms with Crippen LogP contribution in [-0.2, 0) is 4.79 Å². The van der Waals surface area contributed by atoms with E-state index in [1.807, 2.05) is 0 Å². The van der Waals surface area contributed by atoms with Gasteiger partial charge < -0.3 is 10.4 Å². The molecule has 7 heavy (non-hydrogen) atoms. The average molecular weight is 95.0 g/mol. The van der Waals surface area contributed by atoms with Crippen molar-refractivity contribution >= 4 is 24.8 Å². The van der Waals surface area contributed by atoms with E-state index in [0.717, 1.165) is 0 Å². The number of carbonyl (C=O) groups is 1. The van der Waals surface area contributed by atoms with Gasteiger partial charge in [-0.15, -0.1) is 0 Å². The van der Waals surface area contributed by atoms with Crippen LogP contribution in [0.25, 0.3) is 0 Å². The van der Waals surface area contributed by atoms with Crippen LogP contribution in [0.2, 0.25) is 0 Å². The molecular weight excluding hydrogens is 89.0 g/mol. The SMILES string of the molecule is O=C(O)[C@@H]1CN1.[LiH]. The fourth-order valence-corrected chi connectivity index (χ4v) is 0.234. The van der Waals surface area contributed by atoms with Crippen molar-refractivity contribution in [1.82, 2.24) is 5.32 Å². The van der Waals surface area contributed by atoms with Gasteiger partial charge in [-0.3, -0.25) is 4.79 Å². The Morgan fingerprint density at radius 3 is 2.29 bits per heavy atom. The zero-order chi connectivity index (χ0) is 4.57. The second-order valence-electron chi connectivity index (χ2n) is 1.30. The van der Waals surface area contributed by atoms with Gasteiger partial charge in [0.25, 0.3) is 0 Å². The summed E-state index contributed by atoms with van der Waals surface area (Å²) in [4.78, 5) is 9.70. The van der Waals surface area contributed by atoms with E-state index < -0.39 is 5.97 Å². The van der Waals surface area contributed by atoms with Crippen molar-refractivity contribution in [1.29, 1.82) is 0 Å². The minimum absolute atomic E-state index is 0. The minimum atomic E-state index is -0.741. The summed E-state index contributed by atoms with van der Waals surface area (Å²) >= 11 is 0. The van der Waals surface area contributed by atoms with E-state index in [2.05, 4.69) is 5.32 Å². The van der Waals surface area contributed by atoms with Crippen LogP contribution in [0.5, 0.6) is 0 Å². The Hall–Kier alpha value is 0.0274. The van der Waals surface area contributed by atoms with Gasteiger partial charge in [0.2, 0.25) is 0 Å². The maximum absolute atomic E-state index is 9.70. The third kappa shape index (κ3) is 1.98. The van der Waals surface area contributed by atoms with Crippen LogP contribution in [0.4, 0.5) is 0 Å². The molecule has 0 aromatic carbocycles. The van der Waals surface area contributed by atoms with Gasteiger partial charge in [-0.2, -0.15) is 0 Å². The van der Waals surface area contributed by atoms with Crippen LogP contribution < -0.4 is 5.32 Å². The molecule has 1 heterocycles. The van der Waals surface area contributed by atoms with Crippen molar-refractivity contribution in [2.24, 2.45) is 0 Å². The quantitative estimate of drug-likeness (QED) is 0.304. The van der Waals surface area contributed by atoms with E-state index in [1.54, 1.807) is 0 Å². The van der Waals surface area contributed by atoms with Crippen LogP contribution in [0.3, 0.4) is 0 Å². The van der Waals surface area contributed by atoms with Gasteiger partial charge in [-0.25, -0.2) is 0 Å². The average Bonchev–Trinajstić information content (AvgIpc) is 2.06. The van der Waals surface area contributed by atoms with E-state index >= 15 is 0 Å². The molecule has 0 saturated carbocycles. The second kappa shape index (κ2) is 2.36. The van der Waals surface area contributed by atoms with Gasteiger partial charge >= 0.3 is 24.8 Å². The Balaban J connectivity index is 0.000000360. The van der Waals surface area contributed by atoms with Crippen molar-refractivity contribution in [2.75, 3.05) is 6.54 Å². The van der Waals surface area contributed by atoms with Gasteiger partial charge in [-0.05, 0) is 0 Å². The summed E-state index contributed by atoms with van der Waals surface area (Å²) in [5.74, 6) is -0.741. The number of carboxylic acids is 1. The summed E-state index contributed by atoms with van der Waals surface area (Å²) in [7, 11) is 0. The summed E-state index contributed by atoms with van der Waals surface area (Å²) < 4.78 is 0. The standard InChI is InChI=1S/C3H5NO2.Li.H/c5-3(6)2-1-4-2;;/h2,4H,1H2,(H,5,6);;/t2-;;/m0../s1. The molecule has 1 aliphatic heterocycles. The molecule has 0 aromatic rings. The number of rotatable bonds is 1. The molecule has 3 nitrogen and oxygen atoms in total. The van der Waals surface area contributed by atoms with Crippen LogP contribution in [0.1, 0.15) is 0 Å². The van der Waals surface area contributed by atoms with Crippen LogP contribution in [-0.4, -0.2) is 42.5 Å². The number of hydrogen-bond acceptors (Lipinski definition) is 2. The first kappa shape index (κ1) is 7.03. The first-order chi connectivity index (χ1) is 2.80. The Kier molecular flexibility index (Phi) is 2.37. The van der Waals surface area contributed by atoms with E-state index in [0.29, 0.717) is 6.54 Å². The molecule has 1 fully saturated rings. The van der Waals surface area contributed by atoms with Gasteiger partial charge in [-0.1, -0.05) is 0 Å². The fourth-order valence-electron chi connectivity index (χ4n) is 0.234. The first-order valence-corrected chi connectivity index (χ1v) is 1.77. The van der Waals surface area contributed by atoms with Crippen LogP contribution in [0, 0.1) is 0 Å². The molecule has 0 spiro atoms. The summed E-state index contributed by atoms with van der Waals surface area (Å²) in [6.45, 7) is 0.648. The molecule has 1 aliphatic rings. The molecule has 1 atom stereocenters. The molecule has 0 bridgehead atoms. The zero-order valence-electron chi connectivity index (χ0n) is 3.14. The topological polar surface area (TPSA) is 59.2 Å². The van der Waals surface area contributed by atoms with Crippen molar-refractivity contribution in [3.8, 4) is 0 Å². The van der Waals surface area contributed by atoms with E-state index in [-0.39, 0.29) is 24.9 Å². The molecule has 1 rings (SSSR count). The second-order valence-corrected chi connectivity index (χ2v) is 1.30. The van der Waals surface area contributed by atoms with Crippen molar-refractivity contribution < 1.29 is 9.90 Å². The fraction of sp³-hybridized carbons (Fsp3) is 0.667. The molecule has 0 amide bonds. The van der Waals surface area contributed by atoms with Crippen molar-refractivity contribution in [3.63, 3.8) is 0 Å². The predicted molar refractivity (Wildman–Crippen MR) is 26.6 cm³/mol. The Labute approximate surface area is 53.3 Å². The van der Waals surface area contributed by atoms with E-state index in [1.165, 1.54) is 0 Å². The maximum atomic E-state index is 9.70. The molecule has 0 aromatic heterocycles. The Morgan fingerprint density at radius 2 is 2.29 bits per heavy atom. The molecule has 1 saturated heterocycles. The van der Waals surface area contributed by atoms with Crippen LogP contribution >= 0.6 is 0 Å². The normalized spacial score (nSPS) is 25.4. The summed E-state index contributed by atoms with van der Waals surface area (Å²) in [5, 5.41) is 10.6. The van der Waals surface area contributed by atoms with Gasteiger partial charge in [0.05, 0.1) is 0 Å². The number of aliphatic carboxylic acids is 1. The van der Waals surface area contributed by atoms with E-state index in [9.17, 15) is 4.79 Å². The van der Waals surface area contributed by atoms with Gasteiger partial charge in [0.15, 0.2) is 0 Å². The molecule has 36 valence electrons. The Morgan fingerprint density at radius 1 is 1.86 bits per heavy atom. The monoisotopic (exact) mass is 95.1 g/mol. The first-order valence-electron chi connectivity index (χ1n) is 1.77. The number of carboxylic acid groups (broad SMARTS) is 1. The van der Waals surface area contributed by atoms with Crippen LogP contribution in [0.15, 0.2) is 0 Å². The Bertz CT molecular complexity index is 81.0.